The number of rotatable bonds is 3. The highest BCUT2D eigenvalue weighted by molar-refractivity contribution is 6.47. The lowest BCUT2D eigenvalue weighted by molar-refractivity contribution is 0.255. The van der Waals surface area contributed by atoms with Gasteiger partial charge in [-0.25, -0.2) is 8.78 Å². The van der Waals surface area contributed by atoms with Crippen LogP contribution in [0.4, 0.5) is 8.78 Å². The first kappa shape index (κ1) is 11.0. The van der Waals surface area contributed by atoms with E-state index >= 15 is 0 Å². The van der Waals surface area contributed by atoms with Crippen molar-refractivity contribution in [2.24, 2.45) is 0 Å². The third-order valence-electron chi connectivity index (χ3n) is 0.700. The third-order valence-corrected chi connectivity index (χ3v) is 1.56. The summed E-state index contributed by atoms with van der Waals surface area (Å²) in [6.45, 7) is 0. The molecule has 0 radical (unpaired) electrons. The van der Waals surface area contributed by atoms with Gasteiger partial charge in [0.05, 0.1) is 0 Å². The smallest absolute Gasteiger partial charge is 0.244 e. The van der Waals surface area contributed by atoms with Crippen molar-refractivity contribution in [2.45, 2.75) is 22.0 Å². The molecule has 0 spiro atoms. The zero-order valence-corrected chi connectivity index (χ0v) is 7.65. The topological polar surface area (TPSA) is 0 Å². The fraction of sp³-hybridized carbons (Fsp3) is 1.00. The molecule has 0 aliphatic carbocycles. The van der Waals surface area contributed by atoms with Crippen molar-refractivity contribution in [1.82, 2.24) is 0 Å². The molecule has 10 heavy (non-hydrogen) atoms. The number of hydrogen-bond donors (Lipinski definition) is 0. The second kappa shape index (κ2) is 4.15. The lowest BCUT2D eigenvalue weighted by Crippen LogP contribution is -2.18. The predicted molar refractivity (Wildman–Crippen MR) is 40.6 cm³/mol. The summed E-state index contributed by atoms with van der Waals surface area (Å²) in [5.74, 6) is 0. The minimum Gasteiger partial charge on any atom is -0.244 e. The standard InChI is InChI=1S/C4H4Cl4F2/c5-3(6)2(9)1-4(7,8)10/h2-3H,1H2. The fourth-order valence-electron chi connectivity index (χ4n) is 0.310. The van der Waals surface area contributed by atoms with Gasteiger partial charge in [0.25, 0.3) is 4.59 Å². The van der Waals surface area contributed by atoms with E-state index in [1.165, 1.54) is 0 Å². The summed E-state index contributed by atoms with van der Waals surface area (Å²) < 4.78 is 21.9. The van der Waals surface area contributed by atoms with Crippen LogP contribution in [0.1, 0.15) is 6.42 Å². The average Bonchev–Trinajstić information content (AvgIpc) is 1.60. The molecule has 0 aliphatic rings. The van der Waals surface area contributed by atoms with E-state index in [0.717, 1.165) is 0 Å². The Labute approximate surface area is 77.4 Å². The van der Waals surface area contributed by atoms with Gasteiger partial charge in [-0.2, -0.15) is 0 Å². The Balaban J connectivity index is 3.68. The molecule has 0 heterocycles. The van der Waals surface area contributed by atoms with Gasteiger partial charge in [-0.3, -0.25) is 0 Å². The lowest BCUT2D eigenvalue weighted by atomic mass is 10.3. The SMILES string of the molecule is FC(CC(F)(Cl)Cl)C(Cl)Cl. The summed E-state index contributed by atoms with van der Waals surface area (Å²) in [7, 11) is 0. The highest BCUT2D eigenvalue weighted by atomic mass is 35.5. The lowest BCUT2D eigenvalue weighted by Gasteiger charge is -2.13. The van der Waals surface area contributed by atoms with E-state index in [1.54, 1.807) is 0 Å². The Morgan fingerprint density at radius 1 is 1.30 bits per heavy atom. The van der Waals surface area contributed by atoms with Crippen LogP contribution in [-0.2, 0) is 0 Å². The van der Waals surface area contributed by atoms with E-state index in [-0.39, 0.29) is 0 Å². The monoisotopic (exact) mass is 230 g/mol. The molecule has 62 valence electrons. The van der Waals surface area contributed by atoms with Crippen LogP contribution in [0, 0.1) is 0 Å². The minimum absolute atomic E-state index is 0.728. The van der Waals surface area contributed by atoms with Crippen molar-refractivity contribution >= 4 is 46.4 Å². The Morgan fingerprint density at radius 2 is 1.70 bits per heavy atom. The average molecular weight is 232 g/mol. The normalized spacial score (nSPS) is 15.9. The molecule has 0 N–H and O–H groups in total. The Bertz CT molecular complexity index is 99.9. The van der Waals surface area contributed by atoms with Crippen LogP contribution < -0.4 is 0 Å². The molecule has 6 heteroatoms. The second-order valence-corrected chi connectivity index (χ2v) is 4.23. The van der Waals surface area contributed by atoms with E-state index in [9.17, 15) is 8.78 Å². The molecule has 1 atom stereocenters. The predicted octanol–water partition coefficient (Wildman–Crippen LogP) is 3.62. The molecule has 0 nitrogen and oxygen atoms in total. The zero-order chi connectivity index (χ0) is 8.36. The van der Waals surface area contributed by atoms with Gasteiger partial charge in [0.15, 0.2) is 0 Å². The zero-order valence-electron chi connectivity index (χ0n) is 4.63. The van der Waals surface area contributed by atoms with E-state index in [4.69, 9.17) is 46.4 Å². The van der Waals surface area contributed by atoms with E-state index < -0.39 is 22.0 Å². The molecule has 0 bridgehead atoms. The first-order chi connectivity index (χ1) is 4.33. The molecule has 0 rings (SSSR count). The number of alkyl halides is 6. The first-order valence-electron chi connectivity index (χ1n) is 2.32. The summed E-state index contributed by atoms with van der Waals surface area (Å²) in [6, 6.07) is 0. The number of hydrogen-bond acceptors (Lipinski definition) is 0. The summed E-state index contributed by atoms with van der Waals surface area (Å²) in [6.07, 6.45) is -2.48. The van der Waals surface area contributed by atoms with Gasteiger partial charge in [0.1, 0.15) is 11.0 Å². The Morgan fingerprint density at radius 3 is 1.80 bits per heavy atom. The molecule has 0 aromatic rings. The van der Waals surface area contributed by atoms with Crippen LogP contribution >= 0.6 is 46.4 Å². The van der Waals surface area contributed by atoms with Crippen LogP contribution in [0.2, 0.25) is 0 Å². The van der Waals surface area contributed by atoms with Crippen molar-refractivity contribution in [1.29, 1.82) is 0 Å². The quantitative estimate of drug-likeness (QED) is 0.651. The van der Waals surface area contributed by atoms with Crippen LogP contribution in [0.25, 0.3) is 0 Å². The Hall–Kier alpha value is 1.02. The van der Waals surface area contributed by atoms with Gasteiger partial charge in [-0.05, 0) is 0 Å². The largest absolute Gasteiger partial charge is 0.260 e. The molecule has 0 amide bonds. The van der Waals surface area contributed by atoms with Gasteiger partial charge in [0, 0.05) is 6.42 Å². The molecule has 0 aromatic heterocycles. The highest BCUT2D eigenvalue weighted by Gasteiger charge is 2.30. The first-order valence-corrected chi connectivity index (χ1v) is 3.95. The maximum atomic E-state index is 12.3. The van der Waals surface area contributed by atoms with E-state index in [2.05, 4.69) is 0 Å². The molecule has 0 saturated carbocycles. The highest BCUT2D eigenvalue weighted by Crippen LogP contribution is 2.31. The molecule has 0 fully saturated rings. The van der Waals surface area contributed by atoms with Crippen molar-refractivity contribution in [3.05, 3.63) is 0 Å². The molecule has 0 saturated heterocycles. The summed E-state index contributed by atoms with van der Waals surface area (Å²) in [5, 5.41) is 0. The van der Waals surface area contributed by atoms with E-state index in [0.29, 0.717) is 0 Å². The van der Waals surface area contributed by atoms with Crippen molar-refractivity contribution in [3.8, 4) is 0 Å². The van der Waals surface area contributed by atoms with Crippen LogP contribution in [0.5, 0.6) is 0 Å². The maximum absolute atomic E-state index is 12.3. The van der Waals surface area contributed by atoms with Crippen molar-refractivity contribution < 1.29 is 8.78 Å². The second-order valence-electron chi connectivity index (χ2n) is 1.67. The summed E-state index contributed by atoms with van der Waals surface area (Å²) >= 11 is 19.7. The summed E-state index contributed by atoms with van der Waals surface area (Å²) in [5.41, 5.74) is 0. The van der Waals surface area contributed by atoms with Gasteiger partial charge in [-0.1, -0.05) is 23.2 Å². The summed E-state index contributed by atoms with van der Waals surface area (Å²) in [4.78, 5) is -1.30. The fourth-order valence-corrected chi connectivity index (χ4v) is 0.783. The van der Waals surface area contributed by atoms with Crippen molar-refractivity contribution in [3.63, 3.8) is 0 Å². The van der Waals surface area contributed by atoms with Gasteiger partial charge in [-0.15, -0.1) is 23.2 Å². The van der Waals surface area contributed by atoms with Crippen LogP contribution in [-0.4, -0.2) is 15.6 Å². The number of halogens is 6. The molecular weight excluding hydrogens is 228 g/mol. The van der Waals surface area contributed by atoms with Gasteiger partial charge >= 0.3 is 0 Å². The third kappa shape index (κ3) is 5.78. The molecule has 1 unspecified atom stereocenters. The van der Waals surface area contributed by atoms with Crippen LogP contribution in [0.3, 0.4) is 0 Å². The maximum Gasteiger partial charge on any atom is 0.260 e. The molecule has 0 aromatic carbocycles. The van der Waals surface area contributed by atoms with Crippen LogP contribution in [0.15, 0.2) is 0 Å². The van der Waals surface area contributed by atoms with Crippen molar-refractivity contribution in [2.75, 3.05) is 0 Å². The van der Waals surface area contributed by atoms with Gasteiger partial charge in [0.2, 0.25) is 0 Å². The molecular formula is C4H4Cl4F2. The molecule has 0 aliphatic heterocycles. The van der Waals surface area contributed by atoms with E-state index in [1.807, 2.05) is 0 Å². The van der Waals surface area contributed by atoms with Gasteiger partial charge < -0.3 is 0 Å². The Kier molecular flexibility index (Phi) is 4.57. The minimum atomic E-state index is -2.60.